The van der Waals surface area contributed by atoms with Crippen molar-refractivity contribution in [1.29, 1.82) is 0 Å². The van der Waals surface area contributed by atoms with Crippen LogP contribution in [0.1, 0.15) is 49.9 Å². The lowest BCUT2D eigenvalue weighted by Gasteiger charge is -2.19. The zero-order chi connectivity index (χ0) is 20.3. The largest absolute Gasteiger partial charge is 0.444 e. The van der Waals surface area contributed by atoms with Crippen molar-refractivity contribution in [2.24, 2.45) is 0 Å². The van der Waals surface area contributed by atoms with Gasteiger partial charge in [0.05, 0.1) is 17.1 Å². The number of H-pyrrole nitrogens is 1. The summed E-state index contributed by atoms with van der Waals surface area (Å²) in [5.74, 6) is 0.467. The molecule has 0 aliphatic rings. The molecule has 1 aromatic heterocycles. The van der Waals surface area contributed by atoms with Crippen LogP contribution in [0.15, 0.2) is 48.5 Å². The van der Waals surface area contributed by atoms with E-state index in [2.05, 4.69) is 20.6 Å². The van der Waals surface area contributed by atoms with Crippen LogP contribution >= 0.6 is 0 Å². The molecule has 0 unspecified atom stereocenters. The summed E-state index contributed by atoms with van der Waals surface area (Å²) in [7, 11) is 0. The second-order valence-corrected chi connectivity index (χ2v) is 7.54. The Hall–Kier alpha value is -3.35. The maximum atomic E-state index is 12.5. The Morgan fingerprint density at radius 2 is 1.75 bits per heavy atom. The highest BCUT2D eigenvalue weighted by Crippen LogP contribution is 2.17. The minimum Gasteiger partial charge on any atom is -0.444 e. The number of ether oxygens (including phenoxy) is 1. The maximum Gasteiger partial charge on any atom is 0.412 e. The third-order valence-electron chi connectivity index (χ3n) is 3.96. The smallest absolute Gasteiger partial charge is 0.412 e. The zero-order valence-electron chi connectivity index (χ0n) is 16.4. The van der Waals surface area contributed by atoms with Gasteiger partial charge in [0, 0.05) is 11.3 Å². The summed E-state index contributed by atoms with van der Waals surface area (Å²) in [5.41, 5.74) is 2.25. The van der Waals surface area contributed by atoms with Gasteiger partial charge in [-0.3, -0.25) is 10.1 Å². The van der Waals surface area contributed by atoms with E-state index in [1.807, 2.05) is 31.2 Å². The molecule has 0 radical (unpaired) electrons. The molecule has 0 aliphatic carbocycles. The fourth-order valence-electron chi connectivity index (χ4n) is 2.65. The van der Waals surface area contributed by atoms with Gasteiger partial charge in [0.15, 0.2) is 0 Å². The van der Waals surface area contributed by atoms with Crippen molar-refractivity contribution in [1.82, 2.24) is 15.3 Å². The van der Waals surface area contributed by atoms with Crippen LogP contribution in [0.5, 0.6) is 0 Å². The minimum absolute atomic E-state index is 0.225. The summed E-state index contributed by atoms with van der Waals surface area (Å²) in [4.78, 5) is 32.0. The average Bonchev–Trinajstić information content (AvgIpc) is 3.05. The first-order valence-corrected chi connectivity index (χ1v) is 9.07. The van der Waals surface area contributed by atoms with Crippen LogP contribution in [0.25, 0.3) is 11.0 Å². The summed E-state index contributed by atoms with van der Waals surface area (Å²) in [5, 5.41) is 5.56. The van der Waals surface area contributed by atoms with Crippen molar-refractivity contribution in [3.63, 3.8) is 0 Å². The third kappa shape index (κ3) is 4.88. The number of anilines is 1. The number of nitrogens with one attached hydrogen (secondary N) is 3. The summed E-state index contributed by atoms with van der Waals surface area (Å²) in [6.45, 7) is 7.25. The fraction of sp³-hybridized carbons (Fsp3) is 0.286. The molecule has 1 heterocycles. The number of amides is 2. The van der Waals surface area contributed by atoms with E-state index < -0.39 is 11.7 Å². The normalized spacial score (nSPS) is 12.4. The van der Waals surface area contributed by atoms with E-state index in [1.165, 1.54) is 0 Å². The molecule has 0 bridgehead atoms. The van der Waals surface area contributed by atoms with Crippen molar-refractivity contribution >= 4 is 28.7 Å². The first-order valence-electron chi connectivity index (χ1n) is 9.07. The van der Waals surface area contributed by atoms with Crippen molar-refractivity contribution in [3.05, 3.63) is 59.9 Å². The molecule has 2 amide bonds. The number of carbonyl (C=O) groups is 2. The molecule has 7 heteroatoms. The zero-order valence-corrected chi connectivity index (χ0v) is 16.4. The number of fused-ring (bicyclic) bond motifs is 1. The number of imidazole rings is 1. The molecule has 7 nitrogen and oxygen atoms in total. The Labute approximate surface area is 163 Å². The predicted octanol–water partition coefficient (Wildman–Crippen LogP) is 4.40. The molecule has 28 heavy (non-hydrogen) atoms. The third-order valence-corrected chi connectivity index (χ3v) is 3.96. The van der Waals surface area contributed by atoms with Gasteiger partial charge in [-0.05, 0) is 64.1 Å². The molecular formula is C21H24N4O3. The minimum atomic E-state index is -0.573. The topological polar surface area (TPSA) is 96.1 Å². The van der Waals surface area contributed by atoms with Crippen molar-refractivity contribution in [2.45, 2.75) is 39.3 Å². The van der Waals surface area contributed by atoms with Gasteiger partial charge in [0.2, 0.25) is 0 Å². The van der Waals surface area contributed by atoms with Gasteiger partial charge in [-0.15, -0.1) is 0 Å². The molecule has 3 rings (SSSR count). The number of rotatable bonds is 4. The first kappa shape index (κ1) is 19.4. The number of para-hydroxylation sites is 2. The Morgan fingerprint density at radius 1 is 1.07 bits per heavy atom. The maximum absolute atomic E-state index is 12.5. The second-order valence-electron chi connectivity index (χ2n) is 7.54. The average molecular weight is 380 g/mol. The van der Waals surface area contributed by atoms with Crippen LogP contribution in [0.3, 0.4) is 0 Å². The molecule has 0 fully saturated rings. The number of hydrogen-bond donors (Lipinski definition) is 3. The molecular weight excluding hydrogens is 356 g/mol. The van der Waals surface area contributed by atoms with Crippen LogP contribution in [0, 0.1) is 0 Å². The van der Waals surface area contributed by atoms with E-state index in [0.717, 1.165) is 11.0 Å². The lowest BCUT2D eigenvalue weighted by atomic mass is 10.2. The van der Waals surface area contributed by atoms with Gasteiger partial charge in [0.25, 0.3) is 5.91 Å². The van der Waals surface area contributed by atoms with Gasteiger partial charge in [0.1, 0.15) is 11.4 Å². The monoisotopic (exact) mass is 380 g/mol. The molecule has 0 aliphatic heterocycles. The van der Waals surface area contributed by atoms with E-state index >= 15 is 0 Å². The highest BCUT2D eigenvalue weighted by molar-refractivity contribution is 5.95. The Morgan fingerprint density at radius 3 is 2.39 bits per heavy atom. The summed E-state index contributed by atoms with van der Waals surface area (Å²) in [6, 6.07) is 14.0. The van der Waals surface area contributed by atoms with E-state index in [0.29, 0.717) is 17.1 Å². The Bertz CT molecular complexity index is 954. The van der Waals surface area contributed by atoms with Crippen LogP contribution in [0.4, 0.5) is 10.5 Å². The van der Waals surface area contributed by atoms with Gasteiger partial charge >= 0.3 is 6.09 Å². The van der Waals surface area contributed by atoms with Crippen LogP contribution in [-0.4, -0.2) is 27.6 Å². The van der Waals surface area contributed by atoms with E-state index in [4.69, 9.17) is 4.74 Å². The Balaban J connectivity index is 1.61. The second kappa shape index (κ2) is 7.72. The molecule has 146 valence electrons. The molecule has 1 atom stereocenters. The molecule has 3 aromatic rings. The number of aromatic nitrogens is 2. The summed E-state index contributed by atoms with van der Waals surface area (Å²) in [6.07, 6.45) is -0.539. The van der Waals surface area contributed by atoms with Crippen LogP contribution < -0.4 is 10.6 Å². The van der Waals surface area contributed by atoms with Crippen molar-refractivity contribution in [3.8, 4) is 0 Å². The number of aromatic amines is 1. The van der Waals surface area contributed by atoms with Gasteiger partial charge in [-0.2, -0.15) is 0 Å². The van der Waals surface area contributed by atoms with Gasteiger partial charge in [-0.1, -0.05) is 12.1 Å². The van der Waals surface area contributed by atoms with Crippen LogP contribution in [-0.2, 0) is 4.74 Å². The number of hydrogen-bond acceptors (Lipinski definition) is 4. The predicted molar refractivity (Wildman–Crippen MR) is 108 cm³/mol. The lowest BCUT2D eigenvalue weighted by Crippen LogP contribution is -2.28. The molecule has 2 aromatic carbocycles. The van der Waals surface area contributed by atoms with Crippen molar-refractivity contribution < 1.29 is 14.3 Å². The van der Waals surface area contributed by atoms with Gasteiger partial charge < -0.3 is 15.0 Å². The summed E-state index contributed by atoms with van der Waals surface area (Å²) >= 11 is 0. The lowest BCUT2D eigenvalue weighted by molar-refractivity contribution is 0.0635. The van der Waals surface area contributed by atoms with Crippen LogP contribution in [0.2, 0.25) is 0 Å². The molecule has 0 spiro atoms. The summed E-state index contributed by atoms with van der Waals surface area (Å²) < 4.78 is 5.21. The van der Waals surface area contributed by atoms with E-state index in [1.54, 1.807) is 45.0 Å². The standard InChI is InChI=1S/C21H24N4O3/c1-13(18-24-16-7-5-6-8-17(16)25-18)22-19(26)14-9-11-15(12-10-14)23-20(27)28-21(2,3)4/h5-13H,1-4H3,(H,22,26)(H,23,27)(H,24,25)/t13-/m1/s1. The quantitative estimate of drug-likeness (QED) is 0.625. The SMILES string of the molecule is C[C@@H](NC(=O)c1ccc(NC(=O)OC(C)(C)C)cc1)c1nc2ccccc2[nH]1. The highest BCUT2D eigenvalue weighted by Gasteiger charge is 2.17. The van der Waals surface area contributed by atoms with E-state index in [9.17, 15) is 9.59 Å². The Kier molecular flexibility index (Phi) is 5.35. The first-order chi connectivity index (χ1) is 13.2. The fourth-order valence-corrected chi connectivity index (χ4v) is 2.65. The number of nitrogens with zero attached hydrogens (tertiary/aromatic N) is 1. The van der Waals surface area contributed by atoms with Gasteiger partial charge in [-0.25, -0.2) is 9.78 Å². The molecule has 3 N–H and O–H groups in total. The van der Waals surface area contributed by atoms with E-state index in [-0.39, 0.29) is 11.9 Å². The van der Waals surface area contributed by atoms with Crippen molar-refractivity contribution in [2.75, 3.05) is 5.32 Å². The molecule has 0 saturated carbocycles. The number of carbonyl (C=O) groups excluding carboxylic acids is 2. The number of benzene rings is 2. The molecule has 0 saturated heterocycles. The highest BCUT2D eigenvalue weighted by atomic mass is 16.6.